The molecule has 112 valence electrons. The largest absolute Gasteiger partial charge is 0.480 e. The van der Waals surface area contributed by atoms with E-state index in [9.17, 15) is 9.90 Å². The molecule has 0 aromatic carbocycles. The third kappa shape index (κ3) is 3.58. The fraction of sp³-hybridized carbons (Fsp3) is 0.714. The van der Waals surface area contributed by atoms with Gasteiger partial charge in [-0.25, -0.2) is 0 Å². The number of aliphatic carboxylic acids is 1. The van der Waals surface area contributed by atoms with Gasteiger partial charge in [0.15, 0.2) is 5.76 Å². The van der Waals surface area contributed by atoms with Gasteiger partial charge < -0.3 is 14.4 Å². The number of aromatic nitrogens is 1. The van der Waals surface area contributed by atoms with Crippen molar-refractivity contribution < 1.29 is 19.2 Å². The zero-order valence-corrected chi connectivity index (χ0v) is 12.0. The summed E-state index contributed by atoms with van der Waals surface area (Å²) in [4.78, 5) is 13.4. The molecule has 1 saturated heterocycles. The van der Waals surface area contributed by atoms with Crippen molar-refractivity contribution in [1.82, 2.24) is 10.1 Å². The maximum atomic E-state index is 11.4. The number of rotatable bonds is 6. The Labute approximate surface area is 118 Å². The van der Waals surface area contributed by atoms with Crippen LogP contribution in [0.3, 0.4) is 0 Å². The van der Waals surface area contributed by atoms with Crippen LogP contribution in [0.4, 0.5) is 0 Å². The van der Waals surface area contributed by atoms with Crippen LogP contribution < -0.4 is 0 Å². The number of ether oxygens (including phenoxy) is 1. The fourth-order valence-electron chi connectivity index (χ4n) is 2.75. The highest BCUT2D eigenvalue weighted by molar-refractivity contribution is 5.73. The first-order chi connectivity index (χ1) is 9.63. The van der Waals surface area contributed by atoms with Gasteiger partial charge in [0, 0.05) is 19.7 Å². The Balaban J connectivity index is 2.00. The van der Waals surface area contributed by atoms with Crippen LogP contribution in [0.2, 0.25) is 0 Å². The number of methoxy groups -OCH3 is 1. The number of hydrogen-bond acceptors (Lipinski definition) is 5. The lowest BCUT2D eigenvalue weighted by atomic mass is 9.89. The van der Waals surface area contributed by atoms with Crippen LogP contribution in [0.5, 0.6) is 0 Å². The highest BCUT2D eigenvalue weighted by Gasteiger charge is 2.33. The van der Waals surface area contributed by atoms with E-state index in [4.69, 9.17) is 9.26 Å². The van der Waals surface area contributed by atoms with Crippen molar-refractivity contribution >= 4 is 5.97 Å². The molecule has 0 saturated carbocycles. The first-order valence-electron chi connectivity index (χ1n) is 7.04. The Bertz CT molecular complexity index is 446. The zero-order valence-electron chi connectivity index (χ0n) is 12.0. The molecule has 0 aliphatic carbocycles. The molecule has 2 rings (SSSR count). The molecule has 0 spiro atoms. The van der Waals surface area contributed by atoms with Gasteiger partial charge in [-0.05, 0) is 25.3 Å². The second kappa shape index (κ2) is 6.85. The quantitative estimate of drug-likeness (QED) is 0.858. The predicted molar refractivity (Wildman–Crippen MR) is 72.1 cm³/mol. The van der Waals surface area contributed by atoms with Gasteiger partial charge in [0.2, 0.25) is 0 Å². The highest BCUT2D eigenvalue weighted by atomic mass is 16.5. The normalized spacial score (nSPS) is 23.9. The molecule has 2 atom stereocenters. The Morgan fingerprint density at radius 1 is 1.65 bits per heavy atom. The van der Waals surface area contributed by atoms with Crippen LogP contribution >= 0.6 is 0 Å². The summed E-state index contributed by atoms with van der Waals surface area (Å²) in [5.74, 6) is 0.426. The predicted octanol–water partition coefficient (Wildman–Crippen LogP) is 1.90. The first-order valence-corrected chi connectivity index (χ1v) is 7.04. The molecule has 1 aromatic rings. The number of likely N-dealkylation sites (tertiary alicyclic amines) is 1. The molecule has 1 aliphatic heterocycles. The molecule has 6 nitrogen and oxygen atoms in total. The van der Waals surface area contributed by atoms with E-state index in [1.165, 1.54) is 0 Å². The number of carboxylic acid groups (broad SMARTS) is 1. The van der Waals surface area contributed by atoms with Crippen LogP contribution in [0, 0.1) is 5.92 Å². The standard InChI is InChI=1S/C14H22N2O4/c1-3-10-4-5-16(13(6-10)14(17)18)8-11-7-12(9-19-2)20-15-11/h7,10,13H,3-6,8-9H2,1-2H3,(H,17,18). The third-order valence-corrected chi connectivity index (χ3v) is 3.94. The van der Waals surface area contributed by atoms with Crippen molar-refractivity contribution in [2.24, 2.45) is 5.92 Å². The highest BCUT2D eigenvalue weighted by Crippen LogP contribution is 2.26. The number of carboxylic acids is 1. The van der Waals surface area contributed by atoms with Crippen molar-refractivity contribution in [3.63, 3.8) is 0 Å². The molecule has 6 heteroatoms. The summed E-state index contributed by atoms with van der Waals surface area (Å²) in [6.07, 6.45) is 2.80. The van der Waals surface area contributed by atoms with E-state index < -0.39 is 12.0 Å². The van der Waals surface area contributed by atoms with Gasteiger partial charge in [0.1, 0.15) is 12.6 Å². The SMILES string of the molecule is CCC1CCN(Cc2cc(COC)on2)C(C(=O)O)C1. The lowest BCUT2D eigenvalue weighted by molar-refractivity contribution is -0.145. The summed E-state index contributed by atoms with van der Waals surface area (Å²) in [7, 11) is 1.60. The molecule has 1 fully saturated rings. The Morgan fingerprint density at radius 2 is 2.45 bits per heavy atom. The number of nitrogens with zero attached hydrogens (tertiary/aromatic N) is 2. The third-order valence-electron chi connectivity index (χ3n) is 3.94. The monoisotopic (exact) mass is 282 g/mol. The van der Waals surface area contributed by atoms with Crippen molar-refractivity contribution in [3.05, 3.63) is 17.5 Å². The summed E-state index contributed by atoms with van der Waals surface area (Å²) >= 11 is 0. The van der Waals surface area contributed by atoms with E-state index in [1.54, 1.807) is 7.11 Å². The van der Waals surface area contributed by atoms with Crippen LogP contribution in [0.1, 0.15) is 37.6 Å². The molecule has 1 N–H and O–H groups in total. The average Bonchev–Trinajstić information content (AvgIpc) is 2.87. The number of hydrogen-bond donors (Lipinski definition) is 1. The average molecular weight is 282 g/mol. The minimum Gasteiger partial charge on any atom is -0.480 e. The van der Waals surface area contributed by atoms with Crippen molar-refractivity contribution in [2.45, 2.75) is 45.4 Å². The van der Waals surface area contributed by atoms with Crippen LogP contribution in [-0.4, -0.2) is 40.8 Å². The Hall–Kier alpha value is -1.40. The molecule has 1 aromatic heterocycles. The second-order valence-electron chi connectivity index (χ2n) is 5.34. The molecule has 0 amide bonds. The van der Waals surface area contributed by atoms with Gasteiger partial charge in [0.25, 0.3) is 0 Å². The van der Waals surface area contributed by atoms with E-state index in [2.05, 4.69) is 12.1 Å². The fourth-order valence-corrected chi connectivity index (χ4v) is 2.75. The van der Waals surface area contributed by atoms with Crippen molar-refractivity contribution in [2.75, 3.05) is 13.7 Å². The van der Waals surface area contributed by atoms with Gasteiger partial charge in [-0.1, -0.05) is 18.5 Å². The molecule has 2 heterocycles. The first kappa shape index (κ1) is 15.0. The van der Waals surface area contributed by atoms with Crippen LogP contribution in [0.15, 0.2) is 10.6 Å². The minimum atomic E-state index is -0.747. The van der Waals surface area contributed by atoms with Gasteiger partial charge in [-0.15, -0.1) is 0 Å². The van der Waals surface area contributed by atoms with E-state index >= 15 is 0 Å². The summed E-state index contributed by atoms with van der Waals surface area (Å²) in [5.41, 5.74) is 0.762. The smallest absolute Gasteiger partial charge is 0.320 e. The number of carbonyl (C=O) groups is 1. The molecule has 0 bridgehead atoms. The number of piperidine rings is 1. The van der Waals surface area contributed by atoms with Crippen LogP contribution in [0.25, 0.3) is 0 Å². The maximum Gasteiger partial charge on any atom is 0.320 e. The lowest BCUT2D eigenvalue weighted by Gasteiger charge is -2.36. The van der Waals surface area contributed by atoms with Crippen molar-refractivity contribution in [3.8, 4) is 0 Å². The molecule has 20 heavy (non-hydrogen) atoms. The maximum absolute atomic E-state index is 11.4. The molecule has 0 radical (unpaired) electrons. The molecule has 2 unspecified atom stereocenters. The summed E-state index contributed by atoms with van der Waals surface area (Å²) < 4.78 is 10.1. The topological polar surface area (TPSA) is 75.8 Å². The molecule has 1 aliphatic rings. The molecular weight excluding hydrogens is 260 g/mol. The van der Waals surface area contributed by atoms with Gasteiger partial charge in [0.05, 0.1) is 5.69 Å². The van der Waals surface area contributed by atoms with E-state index in [-0.39, 0.29) is 0 Å². The van der Waals surface area contributed by atoms with Gasteiger partial charge >= 0.3 is 5.97 Å². The molecular formula is C14H22N2O4. The van der Waals surface area contributed by atoms with Crippen LogP contribution in [-0.2, 0) is 22.7 Å². The Morgan fingerprint density at radius 3 is 3.10 bits per heavy atom. The zero-order chi connectivity index (χ0) is 14.5. The van der Waals surface area contributed by atoms with Gasteiger partial charge in [-0.2, -0.15) is 0 Å². The summed E-state index contributed by atoms with van der Waals surface area (Å²) in [6.45, 7) is 3.81. The van der Waals surface area contributed by atoms with E-state index in [1.807, 2.05) is 11.0 Å². The Kier molecular flexibility index (Phi) is 5.14. The summed E-state index contributed by atoms with van der Waals surface area (Å²) in [6, 6.07) is 1.41. The van der Waals surface area contributed by atoms with Crippen molar-refractivity contribution in [1.29, 1.82) is 0 Å². The van der Waals surface area contributed by atoms with E-state index in [0.717, 1.165) is 25.1 Å². The minimum absolute atomic E-state index is 0.382. The van der Waals surface area contributed by atoms with Gasteiger partial charge in [-0.3, -0.25) is 9.69 Å². The summed E-state index contributed by atoms with van der Waals surface area (Å²) in [5, 5.41) is 13.4. The second-order valence-corrected chi connectivity index (χ2v) is 5.34. The van der Waals surface area contributed by atoms with E-state index in [0.29, 0.717) is 31.3 Å². The lowest BCUT2D eigenvalue weighted by Crippen LogP contribution is -2.46.